The Balaban J connectivity index is 2.51. The van der Waals surface area contributed by atoms with Crippen molar-refractivity contribution in [3.05, 3.63) is 11.8 Å². The van der Waals surface area contributed by atoms with Crippen molar-refractivity contribution in [2.24, 2.45) is 0 Å². The lowest BCUT2D eigenvalue weighted by Gasteiger charge is -1.98. The Bertz CT molecular complexity index is 284. The molecular weight excluding hydrogens is 199 g/mol. The molecule has 0 unspecified atom stereocenters. The minimum Gasteiger partial charge on any atom is -0.416 e. The molecule has 4 nitrogen and oxygen atoms in total. The molecule has 0 saturated carbocycles. The molecule has 0 aromatic carbocycles. The number of hydrogen-bond donors (Lipinski definition) is 1. The van der Waals surface area contributed by atoms with Crippen LogP contribution in [0.4, 0.5) is 13.2 Å². The van der Waals surface area contributed by atoms with E-state index in [2.05, 4.69) is 19.9 Å². The quantitative estimate of drug-likeness (QED) is 0.765. The third-order valence-corrected chi connectivity index (χ3v) is 1.41. The van der Waals surface area contributed by atoms with E-state index in [4.69, 9.17) is 0 Å². The van der Waals surface area contributed by atoms with Crippen LogP contribution in [0.5, 0.6) is 0 Å². The van der Waals surface area contributed by atoms with Crippen LogP contribution in [0.25, 0.3) is 0 Å². The van der Waals surface area contributed by atoms with Gasteiger partial charge in [-0.3, -0.25) is 0 Å². The van der Waals surface area contributed by atoms with E-state index < -0.39 is 12.1 Å². The first-order chi connectivity index (χ1) is 6.54. The molecule has 0 saturated heterocycles. The monoisotopic (exact) mass is 209 g/mol. The Morgan fingerprint density at radius 3 is 2.57 bits per heavy atom. The number of hydrogen-bond acceptors (Lipinski definition) is 4. The summed E-state index contributed by atoms with van der Waals surface area (Å²) in [7, 11) is 0. The molecule has 0 fully saturated rings. The standard InChI is InChI=1S/C7H10F3N3O/c1-2-3-11-4-5-12-13-6(14-5)7(8,9)10/h11H,2-4H2,1H3. The molecule has 0 radical (unpaired) electrons. The predicted molar refractivity (Wildman–Crippen MR) is 41.3 cm³/mol. The molecule has 0 aliphatic carbocycles. The molecule has 80 valence electrons. The first-order valence-corrected chi connectivity index (χ1v) is 4.14. The summed E-state index contributed by atoms with van der Waals surface area (Å²) in [5, 5.41) is 8.99. The Morgan fingerprint density at radius 2 is 2.07 bits per heavy atom. The van der Waals surface area contributed by atoms with Crippen LogP contribution in [0.1, 0.15) is 25.1 Å². The predicted octanol–water partition coefficient (Wildman–Crippen LogP) is 1.59. The summed E-state index contributed by atoms with van der Waals surface area (Å²) in [5.74, 6) is -1.35. The smallest absolute Gasteiger partial charge is 0.416 e. The highest BCUT2D eigenvalue weighted by atomic mass is 19.4. The lowest BCUT2D eigenvalue weighted by Crippen LogP contribution is -2.13. The maximum atomic E-state index is 12.0. The Morgan fingerprint density at radius 1 is 1.36 bits per heavy atom. The van der Waals surface area contributed by atoms with Crippen LogP contribution >= 0.6 is 0 Å². The zero-order valence-corrected chi connectivity index (χ0v) is 7.56. The lowest BCUT2D eigenvalue weighted by molar-refractivity contribution is -0.157. The number of rotatable bonds is 4. The Kier molecular flexibility index (Phi) is 3.45. The van der Waals surface area contributed by atoms with Gasteiger partial charge in [-0.2, -0.15) is 13.2 Å². The fourth-order valence-electron chi connectivity index (χ4n) is 0.812. The Hall–Kier alpha value is -1.11. The minimum absolute atomic E-state index is 0.0502. The van der Waals surface area contributed by atoms with Crippen LogP contribution in [0.15, 0.2) is 4.42 Å². The van der Waals surface area contributed by atoms with Gasteiger partial charge < -0.3 is 9.73 Å². The van der Waals surface area contributed by atoms with Crippen LogP contribution in [0.2, 0.25) is 0 Å². The number of alkyl halides is 3. The first kappa shape index (κ1) is 11.0. The topological polar surface area (TPSA) is 51.0 Å². The zero-order valence-electron chi connectivity index (χ0n) is 7.56. The molecule has 1 N–H and O–H groups in total. The van der Waals surface area contributed by atoms with Gasteiger partial charge in [0.25, 0.3) is 0 Å². The van der Waals surface area contributed by atoms with E-state index in [0.717, 1.165) is 6.42 Å². The molecule has 0 aliphatic heterocycles. The van der Waals surface area contributed by atoms with Crippen molar-refractivity contribution >= 4 is 0 Å². The SMILES string of the molecule is CCCNCc1nnc(C(F)(F)F)o1. The van der Waals surface area contributed by atoms with E-state index in [0.29, 0.717) is 6.54 Å². The number of halogens is 3. The molecular formula is C7H10F3N3O. The fraction of sp³-hybridized carbons (Fsp3) is 0.714. The molecule has 1 rings (SSSR count). The Labute approximate surface area is 78.5 Å². The second kappa shape index (κ2) is 4.41. The van der Waals surface area contributed by atoms with E-state index >= 15 is 0 Å². The summed E-state index contributed by atoms with van der Waals surface area (Å²) in [6, 6.07) is 0. The van der Waals surface area contributed by atoms with Gasteiger partial charge >= 0.3 is 12.1 Å². The van der Waals surface area contributed by atoms with Gasteiger partial charge in [-0.1, -0.05) is 6.92 Å². The fourth-order valence-corrected chi connectivity index (χ4v) is 0.812. The van der Waals surface area contributed by atoms with Crippen LogP contribution in [0, 0.1) is 0 Å². The molecule has 0 aliphatic rings. The van der Waals surface area contributed by atoms with Crippen molar-refractivity contribution in [3.8, 4) is 0 Å². The van der Waals surface area contributed by atoms with E-state index in [9.17, 15) is 13.2 Å². The summed E-state index contributed by atoms with van der Waals surface area (Å²) in [6.07, 6.45) is -3.67. The second-order valence-corrected chi connectivity index (χ2v) is 2.68. The van der Waals surface area contributed by atoms with Crippen molar-refractivity contribution in [1.29, 1.82) is 0 Å². The highest BCUT2D eigenvalue weighted by Crippen LogP contribution is 2.27. The van der Waals surface area contributed by atoms with Crippen molar-refractivity contribution in [1.82, 2.24) is 15.5 Å². The van der Waals surface area contributed by atoms with Crippen LogP contribution in [-0.4, -0.2) is 16.7 Å². The minimum atomic E-state index is -4.56. The van der Waals surface area contributed by atoms with Gasteiger partial charge in [-0.15, -0.1) is 10.2 Å². The molecule has 1 aromatic rings. The van der Waals surface area contributed by atoms with Gasteiger partial charge in [0.05, 0.1) is 6.54 Å². The van der Waals surface area contributed by atoms with Gasteiger partial charge in [-0.25, -0.2) is 0 Å². The van der Waals surface area contributed by atoms with Crippen molar-refractivity contribution in [2.75, 3.05) is 6.54 Å². The van der Waals surface area contributed by atoms with Crippen molar-refractivity contribution < 1.29 is 17.6 Å². The molecule has 1 aromatic heterocycles. The van der Waals surface area contributed by atoms with Crippen LogP contribution in [0.3, 0.4) is 0 Å². The van der Waals surface area contributed by atoms with Crippen molar-refractivity contribution in [2.45, 2.75) is 26.1 Å². The van der Waals surface area contributed by atoms with Gasteiger partial charge in [0.2, 0.25) is 5.89 Å². The maximum absolute atomic E-state index is 12.0. The van der Waals surface area contributed by atoms with E-state index in [1.807, 2.05) is 6.92 Å². The number of nitrogens with one attached hydrogen (secondary N) is 1. The molecule has 0 bridgehead atoms. The van der Waals surface area contributed by atoms with E-state index in [1.54, 1.807) is 0 Å². The van der Waals surface area contributed by atoms with E-state index in [-0.39, 0.29) is 12.4 Å². The molecule has 14 heavy (non-hydrogen) atoms. The van der Waals surface area contributed by atoms with Gasteiger partial charge in [-0.05, 0) is 13.0 Å². The number of aromatic nitrogens is 2. The third-order valence-electron chi connectivity index (χ3n) is 1.41. The maximum Gasteiger partial charge on any atom is 0.470 e. The number of nitrogens with zero attached hydrogens (tertiary/aromatic N) is 2. The highest BCUT2D eigenvalue weighted by molar-refractivity contribution is 4.85. The van der Waals surface area contributed by atoms with Gasteiger partial charge in [0.15, 0.2) is 0 Å². The largest absolute Gasteiger partial charge is 0.470 e. The average molecular weight is 209 g/mol. The molecule has 1 heterocycles. The lowest BCUT2D eigenvalue weighted by atomic mass is 10.5. The van der Waals surface area contributed by atoms with E-state index in [1.165, 1.54) is 0 Å². The summed E-state index contributed by atoms with van der Waals surface area (Å²) in [4.78, 5) is 0. The summed E-state index contributed by atoms with van der Waals surface area (Å²) in [5.41, 5.74) is 0. The molecule has 0 spiro atoms. The summed E-state index contributed by atoms with van der Waals surface area (Å²) in [6.45, 7) is 2.81. The molecule has 0 amide bonds. The summed E-state index contributed by atoms with van der Waals surface area (Å²) < 4.78 is 40.3. The molecule has 7 heteroatoms. The van der Waals surface area contributed by atoms with Crippen LogP contribution in [-0.2, 0) is 12.7 Å². The van der Waals surface area contributed by atoms with Gasteiger partial charge in [0.1, 0.15) is 0 Å². The van der Waals surface area contributed by atoms with Crippen LogP contribution < -0.4 is 5.32 Å². The zero-order chi connectivity index (χ0) is 10.6. The normalized spacial score (nSPS) is 12.0. The second-order valence-electron chi connectivity index (χ2n) is 2.68. The van der Waals surface area contributed by atoms with Gasteiger partial charge in [0, 0.05) is 0 Å². The average Bonchev–Trinajstić information content (AvgIpc) is 2.52. The van der Waals surface area contributed by atoms with Crippen molar-refractivity contribution in [3.63, 3.8) is 0 Å². The first-order valence-electron chi connectivity index (χ1n) is 4.14. The highest BCUT2D eigenvalue weighted by Gasteiger charge is 2.37. The molecule has 0 atom stereocenters. The summed E-state index contributed by atoms with van der Waals surface area (Å²) >= 11 is 0. The third kappa shape index (κ3) is 2.99.